The van der Waals surface area contributed by atoms with Gasteiger partial charge in [0, 0.05) is 24.1 Å². The van der Waals surface area contributed by atoms with Crippen molar-refractivity contribution in [2.45, 2.75) is 38.6 Å². The number of amides is 1. The van der Waals surface area contributed by atoms with E-state index in [2.05, 4.69) is 5.32 Å². The number of nitrogens with one attached hydrogen (secondary N) is 1. The summed E-state index contributed by atoms with van der Waals surface area (Å²) in [6.45, 7) is 6.91. The molecule has 0 spiro atoms. The third-order valence-electron chi connectivity index (χ3n) is 3.99. The summed E-state index contributed by atoms with van der Waals surface area (Å²) in [6.07, 6.45) is 3.99. The largest absolute Gasteiger partial charge is 0.444 e. The molecule has 1 aliphatic carbocycles. The Morgan fingerprint density at radius 2 is 2.10 bits per heavy atom. The van der Waals surface area contributed by atoms with Crippen LogP contribution < -0.4 is 5.32 Å². The molecule has 1 unspecified atom stereocenters. The number of hydrogen-bond acceptors (Lipinski definition) is 5. The molecule has 4 atom stereocenters. The van der Waals surface area contributed by atoms with Crippen molar-refractivity contribution in [3.8, 4) is 0 Å². The molecule has 0 aromatic carbocycles. The van der Waals surface area contributed by atoms with E-state index in [4.69, 9.17) is 9.47 Å². The predicted molar refractivity (Wildman–Crippen MR) is 76.0 cm³/mol. The van der Waals surface area contributed by atoms with Gasteiger partial charge in [-0.25, -0.2) is 4.79 Å². The summed E-state index contributed by atoms with van der Waals surface area (Å²) >= 11 is 0. The maximum Gasteiger partial charge on any atom is 0.412 e. The minimum atomic E-state index is -0.849. The molecule has 6 heteroatoms. The van der Waals surface area contributed by atoms with Crippen molar-refractivity contribution < 1.29 is 19.4 Å². The summed E-state index contributed by atoms with van der Waals surface area (Å²) in [5, 5.41) is 13.1. The van der Waals surface area contributed by atoms with Gasteiger partial charge in [-0.15, -0.1) is 0 Å². The van der Waals surface area contributed by atoms with Gasteiger partial charge in [-0.2, -0.15) is 0 Å². The molecule has 1 saturated heterocycles. The second-order valence-corrected chi connectivity index (χ2v) is 6.77. The summed E-state index contributed by atoms with van der Waals surface area (Å²) in [5.74, 6) is 0.982. The number of aliphatic hydroxyl groups excluding tert-OH is 1. The fourth-order valence-corrected chi connectivity index (χ4v) is 3.02. The van der Waals surface area contributed by atoms with Crippen molar-refractivity contribution in [3.63, 3.8) is 0 Å². The fourth-order valence-electron chi connectivity index (χ4n) is 3.02. The lowest BCUT2D eigenvalue weighted by Crippen LogP contribution is -2.44. The Kier molecular flexibility index (Phi) is 3.45. The van der Waals surface area contributed by atoms with Gasteiger partial charge in [0.2, 0.25) is 0 Å². The molecule has 0 aromatic heterocycles. The standard InChI is InChI=1S/C15H22N2O4/c1-15(2,3)21-14(19)16-11-5-4-6-17(13(11)18)12-9-7-20-8-10(9)12/h4-6,9-10,12-13,18H,7-8H2,1-3H3,(H,16,19)/t9-,10+,12+,13?. The number of fused-ring (bicyclic) bond motifs is 1. The molecule has 0 aromatic rings. The molecule has 3 rings (SSSR count). The SMILES string of the molecule is CC(C)(C)OC(=O)NC1=CC=CN([C@H]2[C@@H]3COC[C@@H]32)C1O. The number of ether oxygens (including phenoxy) is 2. The Hall–Kier alpha value is -1.53. The van der Waals surface area contributed by atoms with E-state index in [9.17, 15) is 9.90 Å². The number of aliphatic hydroxyl groups is 1. The topological polar surface area (TPSA) is 71.0 Å². The van der Waals surface area contributed by atoms with Crippen LogP contribution in [0, 0.1) is 11.8 Å². The molecule has 6 nitrogen and oxygen atoms in total. The van der Waals surface area contributed by atoms with Crippen LogP contribution in [0.25, 0.3) is 0 Å². The van der Waals surface area contributed by atoms with E-state index in [0.717, 1.165) is 13.2 Å². The first-order valence-corrected chi connectivity index (χ1v) is 7.28. The van der Waals surface area contributed by atoms with E-state index in [0.29, 0.717) is 23.6 Å². The first kappa shape index (κ1) is 14.4. The van der Waals surface area contributed by atoms with Gasteiger partial charge in [-0.05, 0) is 32.9 Å². The summed E-state index contributed by atoms with van der Waals surface area (Å²) < 4.78 is 10.6. The third-order valence-corrected chi connectivity index (χ3v) is 3.99. The molecule has 3 aliphatic rings. The highest BCUT2D eigenvalue weighted by Crippen LogP contribution is 2.49. The van der Waals surface area contributed by atoms with Gasteiger partial charge in [0.1, 0.15) is 5.60 Å². The van der Waals surface area contributed by atoms with Crippen molar-refractivity contribution >= 4 is 6.09 Å². The molecule has 1 amide bonds. The lowest BCUT2D eigenvalue weighted by Gasteiger charge is -2.32. The number of hydrogen-bond donors (Lipinski definition) is 2. The van der Waals surface area contributed by atoms with Crippen molar-refractivity contribution in [2.75, 3.05) is 13.2 Å². The highest BCUT2D eigenvalue weighted by atomic mass is 16.6. The van der Waals surface area contributed by atoms with Gasteiger partial charge in [0.05, 0.1) is 18.9 Å². The normalized spacial score (nSPS) is 34.3. The van der Waals surface area contributed by atoms with E-state index in [1.807, 2.05) is 17.2 Å². The minimum absolute atomic E-state index is 0.300. The zero-order valence-corrected chi connectivity index (χ0v) is 12.6. The molecule has 2 aliphatic heterocycles. The van der Waals surface area contributed by atoms with Gasteiger partial charge in [-0.1, -0.05) is 0 Å². The van der Waals surface area contributed by atoms with Crippen molar-refractivity contribution in [1.82, 2.24) is 10.2 Å². The maximum absolute atomic E-state index is 11.8. The Morgan fingerprint density at radius 3 is 2.71 bits per heavy atom. The number of rotatable bonds is 2. The molecule has 2 fully saturated rings. The molecule has 2 N–H and O–H groups in total. The van der Waals surface area contributed by atoms with Crippen LogP contribution in [-0.2, 0) is 9.47 Å². The monoisotopic (exact) mass is 294 g/mol. The third kappa shape index (κ3) is 2.91. The maximum atomic E-state index is 11.8. The highest BCUT2D eigenvalue weighted by molar-refractivity contribution is 5.70. The van der Waals surface area contributed by atoms with Crippen LogP contribution in [0.1, 0.15) is 20.8 Å². The second kappa shape index (κ2) is 5.03. The van der Waals surface area contributed by atoms with Gasteiger partial charge >= 0.3 is 6.09 Å². The summed E-state index contributed by atoms with van der Waals surface area (Å²) in [6, 6.07) is 0.300. The molecule has 21 heavy (non-hydrogen) atoms. The van der Waals surface area contributed by atoms with Crippen molar-refractivity contribution in [2.24, 2.45) is 11.8 Å². The summed E-state index contributed by atoms with van der Waals surface area (Å²) in [4.78, 5) is 13.7. The van der Waals surface area contributed by atoms with Crippen LogP contribution in [0.2, 0.25) is 0 Å². The minimum Gasteiger partial charge on any atom is -0.444 e. The zero-order valence-electron chi connectivity index (χ0n) is 12.6. The summed E-state index contributed by atoms with van der Waals surface area (Å²) in [5.41, 5.74) is -0.123. The molecule has 0 radical (unpaired) electrons. The van der Waals surface area contributed by atoms with E-state index in [1.54, 1.807) is 26.8 Å². The second-order valence-electron chi connectivity index (χ2n) is 6.77. The molecule has 1 saturated carbocycles. The number of nitrogens with zero attached hydrogens (tertiary/aromatic N) is 1. The van der Waals surface area contributed by atoms with Crippen LogP contribution >= 0.6 is 0 Å². The molecule has 116 valence electrons. The van der Waals surface area contributed by atoms with Crippen LogP contribution in [-0.4, -0.2) is 47.2 Å². The van der Waals surface area contributed by atoms with Crippen LogP contribution in [0.4, 0.5) is 4.79 Å². The van der Waals surface area contributed by atoms with Crippen molar-refractivity contribution in [1.29, 1.82) is 0 Å². The molecular weight excluding hydrogens is 272 g/mol. The van der Waals surface area contributed by atoms with Crippen LogP contribution in [0.3, 0.4) is 0 Å². The Morgan fingerprint density at radius 1 is 1.43 bits per heavy atom. The smallest absolute Gasteiger partial charge is 0.412 e. The number of alkyl carbamates (subject to hydrolysis) is 1. The molecule has 2 heterocycles. The lowest BCUT2D eigenvalue weighted by atomic mass is 10.2. The zero-order chi connectivity index (χ0) is 15.2. The molecule has 0 bridgehead atoms. The first-order valence-electron chi connectivity index (χ1n) is 7.28. The number of carbonyl (C=O) groups excluding carboxylic acids is 1. The fraction of sp³-hybridized carbons (Fsp3) is 0.667. The Labute approximate surface area is 124 Å². The predicted octanol–water partition coefficient (Wildman–Crippen LogP) is 1.19. The van der Waals surface area contributed by atoms with E-state index in [-0.39, 0.29) is 0 Å². The van der Waals surface area contributed by atoms with E-state index < -0.39 is 17.9 Å². The first-order chi connectivity index (χ1) is 9.87. The number of allylic oxidation sites excluding steroid dienone is 2. The van der Waals surface area contributed by atoms with E-state index in [1.165, 1.54) is 0 Å². The highest BCUT2D eigenvalue weighted by Gasteiger charge is 2.58. The van der Waals surface area contributed by atoms with Crippen LogP contribution in [0.5, 0.6) is 0 Å². The average molecular weight is 294 g/mol. The molecular formula is C15H22N2O4. The van der Waals surface area contributed by atoms with Gasteiger partial charge in [0.15, 0.2) is 6.23 Å². The summed E-state index contributed by atoms with van der Waals surface area (Å²) in [7, 11) is 0. The quantitative estimate of drug-likeness (QED) is 0.800. The van der Waals surface area contributed by atoms with Crippen molar-refractivity contribution in [3.05, 3.63) is 24.0 Å². The Balaban J connectivity index is 1.60. The van der Waals surface area contributed by atoms with E-state index >= 15 is 0 Å². The van der Waals surface area contributed by atoms with Gasteiger partial charge in [-0.3, -0.25) is 5.32 Å². The van der Waals surface area contributed by atoms with Gasteiger partial charge in [0.25, 0.3) is 0 Å². The van der Waals surface area contributed by atoms with Gasteiger partial charge < -0.3 is 19.5 Å². The average Bonchev–Trinajstić information content (AvgIpc) is 2.83. The van der Waals surface area contributed by atoms with Crippen LogP contribution in [0.15, 0.2) is 24.0 Å². The lowest BCUT2D eigenvalue weighted by molar-refractivity contribution is 0.0259. The number of carbonyl (C=O) groups is 1. The Bertz CT molecular complexity index is 484.